The summed E-state index contributed by atoms with van der Waals surface area (Å²) in [5.74, 6) is 0.534. The Balaban J connectivity index is 1.57. The van der Waals surface area contributed by atoms with Crippen molar-refractivity contribution < 1.29 is 13.9 Å². The normalized spacial score (nSPS) is 14.5. The van der Waals surface area contributed by atoms with E-state index in [1.807, 2.05) is 6.26 Å². The Morgan fingerprint density at radius 1 is 1.37 bits per heavy atom. The van der Waals surface area contributed by atoms with Gasteiger partial charge in [-0.05, 0) is 43.7 Å². The van der Waals surface area contributed by atoms with Crippen molar-refractivity contribution in [2.45, 2.75) is 49.7 Å². The van der Waals surface area contributed by atoms with Crippen molar-refractivity contribution in [3.63, 3.8) is 0 Å². The molecule has 3 rings (SSSR count). The van der Waals surface area contributed by atoms with E-state index in [-0.39, 0.29) is 11.5 Å². The van der Waals surface area contributed by atoms with Crippen molar-refractivity contribution in [1.82, 2.24) is 20.1 Å². The van der Waals surface area contributed by atoms with Gasteiger partial charge in [0.2, 0.25) is 0 Å². The first-order valence-electron chi connectivity index (χ1n) is 9.23. The zero-order valence-corrected chi connectivity index (χ0v) is 16.5. The number of aryl methyl sites for hydroxylation is 1. The van der Waals surface area contributed by atoms with Crippen LogP contribution in [0.5, 0.6) is 5.75 Å². The molecule has 27 heavy (non-hydrogen) atoms. The molecule has 0 atom stereocenters. The SMILES string of the molecule is COc1ccc(F)cc1C(=O)NCCCc1nnc(SC)n1C1CCCC1. The minimum Gasteiger partial charge on any atom is -0.496 e. The predicted molar refractivity (Wildman–Crippen MR) is 103 cm³/mol. The van der Waals surface area contributed by atoms with Crippen molar-refractivity contribution in [1.29, 1.82) is 0 Å². The van der Waals surface area contributed by atoms with E-state index < -0.39 is 5.82 Å². The van der Waals surface area contributed by atoms with E-state index in [2.05, 4.69) is 20.1 Å². The van der Waals surface area contributed by atoms with Gasteiger partial charge in [-0.15, -0.1) is 10.2 Å². The largest absolute Gasteiger partial charge is 0.496 e. The lowest BCUT2D eigenvalue weighted by Gasteiger charge is -2.16. The highest BCUT2D eigenvalue weighted by molar-refractivity contribution is 7.98. The maximum atomic E-state index is 13.4. The quantitative estimate of drug-likeness (QED) is 0.549. The van der Waals surface area contributed by atoms with Gasteiger partial charge in [-0.2, -0.15) is 0 Å². The third-order valence-corrected chi connectivity index (χ3v) is 5.52. The number of benzene rings is 1. The Bertz CT molecular complexity index is 790. The number of nitrogens with one attached hydrogen (secondary N) is 1. The van der Waals surface area contributed by atoms with E-state index in [0.29, 0.717) is 18.3 Å². The van der Waals surface area contributed by atoms with Crippen LogP contribution >= 0.6 is 11.8 Å². The molecule has 0 radical (unpaired) electrons. The van der Waals surface area contributed by atoms with Crippen LogP contribution < -0.4 is 10.1 Å². The fourth-order valence-corrected chi connectivity index (χ4v) is 4.12. The first-order chi connectivity index (χ1) is 13.1. The number of carbonyl (C=O) groups excluding carboxylic acids is 1. The molecule has 8 heteroatoms. The molecule has 1 saturated carbocycles. The van der Waals surface area contributed by atoms with Crippen molar-refractivity contribution in [2.75, 3.05) is 19.9 Å². The number of carbonyl (C=O) groups is 1. The summed E-state index contributed by atoms with van der Waals surface area (Å²) in [5, 5.41) is 12.5. The smallest absolute Gasteiger partial charge is 0.255 e. The lowest BCUT2D eigenvalue weighted by molar-refractivity contribution is 0.0949. The molecule has 1 amide bonds. The number of rotatable bonds is 8. The molecule has 0 aliphatic heterocycles. The summed E-state index contributed by atoms with van der Waals surface area (Å²) in [5.41, 5.74) is 0.205. The van der Waals surface area contributed by atoms with Crippen molar-refractivity contribution in [2.24, 2.45) is 0 Å². The monoisotopic (exact) mass is 392 g/mol. The van der Waals surface area contributed by atoms with Crippen LogP contribution in [0.1, 0.15) is 54.3 Å². The Hall–Kier alpha value is -2.09. The molecular formula is C19H25FN4O2S. The van der Waals surface area contributed by atoms with Crippen LogP contribution in [0.3, 0.4) is 0 Å². The molecule has 1 fully saturated rings. The molecule has 1 aliphatic carbocycles. The molecule has 1 aromatic heterocycles. The van der Waals surface area contributed by atoms with Crippen molar-refractivity contribution in [3.8, 4) is 5.75 Å². The highest BCUT2D eigenvalue weighted by Crippen LogP contribution is 2.33. The summed E-state index contributed by atoms with van der Waals surface area (Å²) >= 11 is 1.62. The Labute approximate surface area is 162 Å². The molecule has 146 valence electrons. The van der Waals surface area contributed by atoms with Gasteiger partial charge in [0.1, 0.15) is 17.4 Å². The van der Waals surface area contributed by atoms with Crippen LogP contribution in [-0.4, -0.2) is 40.6 Å². The number of hydrogen-bond donors (Lipinski definition) is 1. The number of hydrogen-bond acceptors (Lipinski definition) is 5. The van der Waals surface area contributed by atoms with Gasteiger partial charge in [0.25, 0.3) is 5.91 Å². The molecule has 0 saturated heterocycles. The molecule has 1 aromatic carbocycles. The van der Waals surface area contributed by atoms with E-state index in [9.17, 15) is 9.18 Å². The van der Waals surface area contributed by atoms with E-state index in [1.54, 1.807) is 11.8 Å². The molecule has 2 aromatic rings. The summed E-state index contributed by atoms with van der Waals surface area (Å²) in [6, 6.07) is 4.41. The number of amides is 1. The summed E-state index contributed by atoms with van der Waals surface area (Å²) in [6.07, 6.45) is 8.35. The summed E-state index contributed by atoms with van der Waals surface area (Å²) in [6.45, 7) is 0.477. The van der Waals surface area contributed by atoms with Crippen LogP contribution in [0.15, 0.2) is 23.4 Å². The lowest BCUT2D eigenvalue weighted by Crippen LogP contribution is -2.25. The standard InChI is InChI=1S/C19H25FN4O2S/c1-26-16-10-9-13(20)12-15(16)18(25)21-11-5-8-17-22-23-19(27-2)24(17)14-6-3-4-7-14/h9-10,12,14H,3-8,11H2,1-2H3,(H,21,25). The van der Waals surface area contributed by atoms with E-state index in [0.717, 1.165) is 23.8 Å². The number of halogens is 1. The molecule has 0 bridgehead atoms. The number of thioether (sulfide) groups is 1. The molecule has 6 nitrogen and oxygen atoms in total. The van der Waals surface area contributed by atoms with E-state index >= 15 is 0 Å². The van der Waals surface area contributed by atoms with Crippen LogP contribution in [0.4, 0.5) is 4.39 Å². The van der Waals surface area contributed by atoms with E-state index in [4.69, 9.17) is 4.74 Å². The molecule has 1 heterocycles. The van der Waals surface area contributed by atoms with Crippen molar-refractivity contribution >= 4 is 17.7 Å². The predicted octanol–water partition coefficient (Wildman–Crippen LogP) is 3.63. The van der Waals surface area contributed by atoms with Gasteiger partial charge in [-0.25, -0.2) is 4.39 Å². The fraction of sp³-hybridized carbons (Fsp3) is 0.526. The minimum absolute atomic E-state index is 0.205. The number of nitrogens with zero attached hydrogens (tertiary/aromatic N) is 3. The van der Waals surface area contributed by atoms with Crippen molar-refractivity contribution in [3.05, 3.63) is 35.4 Å². The molecular weight excluding hydrogens is 367 g/mol. The molecule has 1 aliphatic rings. The molecule has 0 spiro atoms. The van der Waals surface area contributed by atoms with Gasteiger partial charge >= 0.3 is 0 Å². The van der Waals surface area contributed by atoms with Gasteiger partial charge in [0, 0.05) is 19.0 Å². The van der Waals surface area contributed by atoms with E-state index in [1.165, 1.54) is 51.0 Å². The highest BCUT2D eigenvalue weighted by Gasteiger charge is 2.23. The summed E-state index contributed by atoms with van der Waals surface area (Å²) in [4.78, 5) is 12.3. The van der Waals surface area contributed by atoms with Crippen LogP contribution in [0, 0.1) is 5.82 Å². The first-order valence-corrected chi connectivity index (χ1v) is 10.5. The van der Waals surface area contributed by atoms with Crippen LogP contribution in [0.2, 0.25) is 0 Å². The average molecular weight is 393 g/mol. The van der Waals surface area contributed by atoms with Gasteiger partial charge in [-0.1, -0.05) is 24.6 Å². The zero-order valence-electron chi connectivity index (χ0n) is 15.7. The molecule has 0 unspecified atom stereocenters. The minimum atomic E-state index is -0.463. The second-order valence-corrected chi connectivity index (χ2v) is 7.39. The highest BCUT2D eigenvalue weighted by atomic mass is 32.2. The van der Waals surface area contributed by atoms with Gasteiger partial charge in [0.05, 0.1) is 12.7 Å². The Morgan fingerprint density at radius 3 is 2.85 bits per heavy atom. The number of aromatic nitrogens is 3. The lowest BCUT2D eigenvalue weighted by atomic mass is 10.1. The summed E-state index contributed by atoms with van der Waals surface area (Å²) < 4.78 is 20.8. The number of methoxy groups -OCH3 is 1. The van der Waals surface area contributed by atoms with Gasteiger partial charge < -0.3 is 14.6 Å². The third-order valence-electron chi connectivity index (χ3n) is 4.88. The maximum Gasteiger partial charge on any atom is 0.255 e. The van der Waals surface area contributed by atoms with Gasteiger partial charge in [-0.3, -0.25) is 4.79 Å². The maximum absolute atomic E-state index is 13.4. The van der Waals surface area contributed by atoms with Gasteiger partial charge in [0.15, 0.2) is 5.16 Å². The third kappa shape index (κ3) is 4.61. The zero-order chi connectivity index (χ0) is 19.2. The fourth-order valence-electron chi connectivity index (χ4n) is 3.55. The average Bonchev–Trinajstić information content (AvgIpc) is 3.34. The topological polar surface area (TPSA) is 69.0 Å². The second-order valence-electron chi connectivity index (χ2n) is 6.62. The first kappa shape index (κ1) is 19.7. The summed E-state index contributed by atoms with van der Waals surface area (Å²) in [7, 11) is 1.46. The Morgan fingerprint density at radius 2 is 2.15 bits per heavy atom. The molecule has 1 N–H and O–H groups in total. The van der Waals surface area contributed by atoms with Crippen LogP contribution in [0.25, 0.3) is 0 Å². The number of ether oxygens (including phenoxy) is 1. The Kier molecular flexibility index (Phi) is 6.71. The van der Waals surface area contributed by atoms with Crippen LogP contribution in [-0.2, 0) is 6.42 Å². The second kappa shape index (κ2) is 9.21.